The van der Waals surface area contributed by atoms with E-state index in [4.69, 9.17) is 0 Å². The molecular formula is C4H6BrORe-. The molecule has 0 bridgehead atoms. The molecule has 0 unspecified atom stereocenters. The molecule has 0 aliphatic heterocycles. The minimum atomic E-state index is 0. The second-order valence-electron chi connectivity index (χ2n) is 0.929. The molecule has 0 rings (SSSR count). The van der Waals surface area contributed by atoms with Crippen LogP contribution in [0.4, 0.5) is 0 Å². The molecule has 3 heteroatoms. The van der Waals surface area contributed by atoms with E-state index in [-0.39, 0.29) is 26.2 Å². The van der Waals surface area contributed by atoms with E-state index >= 15 is 0 Å². The molecule has 0 aliphatic rings. The molecule has 1 nitrogen and oxygen atoms in total. The molecule has 0 aromatic carbocycles. The fourth-order valence-corrected chi connectivity index (χ4v) is 0.401. The van der Waals surface area contributed by atoms with Crippen molar-refractivity contribution >= 4 is 21.7 Å². The summed E-state index contributed by atoms with van der Waals surface area (Å²) in [6, 6.07) is 0. The number of carbonyl (C=O) groups excluding carboxylic acids is 1. The van der Waals surface area contributed by atoms with E-state index in [9.17, 15) is 4.79 Å². The zero-order valence-corrected chi connectivity index (χ0v) is 8.25. The average molecular weight is 336 g/mol. The van der Waals surface area contributed by atoms with E-state index in [1.165, 1.54) is 5.33 Å². The normalized spacial score (nSPS) is 6.57. The second kappa shape index (κ2) is 6.68. The Balaban J connectivity index is 0. The summed E-state index contributed by atoms with van der Waals surface area (Å²) in [5, 5.41) is 1.40. The third kappa shape index (κ3) is 6.68. The standard InChI is InChI=1S/C4H6BrO.Re/c1-2-4(6)3-5;/h3H,2H2,1H3;/q-1;. The number of ketones is 1. The molecule has 0 N–H and O–H groups in total. The first-order chi connectivity index (χ1) is 2.81. The van der Waals surface area contributed by atoms with Crippen molar-refractivity contribution in [2.45, 2.75) is 13.3 Å². The van der Waals surface area contributed by atoms with Crippen molar-refractivity contribution in [3.63, 3.8) is 0 Å². The van der Waals surface area contributed by atoms with Gasteiger partial charge in [0.25, 0.3) is 0 Å². The number of hydrogen-bond donors (Lipinski definition) is 0. The first-order valence-electron chi connectivity index (χ1n) is 1.77. The maximum atomic E-state index is 10.1. The average Bonchev–Trinajstić information content (AvgIpc) is 1.65. The molecule has 0 saturated heterocycles. The van der Waals surface area contributed by atoms with E-state index in [1.807, 2.05) is 6.92 Å². The molecule has 7 heavy (non-hydrogen) atoms. The summed E-state index contributed by atoms with van der Waals surface area (Å²) >= 11 is 2.90. The molecule has 0 spiro atoms. The van der Waals surface area contributed by atoms with Crippen LogP contribution in [-0.2, 0) is 25.2 Å². The number of hydrogen-bond acceptors (Lipinski definition) is 1. The molecule has 0 aromatic heterocycles. The molecule has 0 heterocycles. The molecule has 43 valence electrons. The van der Waals surface area contributed by atoms with Crippen molar-refractivity contribution in [3.05, 3.63) is 5.33 Å². The van der Waals surface area contributed by atoms with Gasteiger partial charge in [0.05, 0.1) is 0 Å². The molecule has 0 atom stereocenters. The van der Waals surface area contributed by atoms with Crippen molar-refractivity contribution < 1.29 is 25.2 Å². The summed E-state index contributed by atoms with van der Waals surface area (Å²) in [5.41, 5.74) is 0. The fraction of sp³-hybridized carbons (Fsp3) is 0.500. The van der Waals surface area contributed by atoms with Crippen LogP contribution in [0.5, 0.6) is 0 Å². The summed E-state index contributed by atoms with van der Waals surface area (Å²) in [4.78, 5) is 10.1. The number of rotatable bonds is 2. The van der Waals surface area contributed by atoms with E-state index in [2.05, 4.69) is 15.9 Å². The van der Waals surface area contributed by atoms with Gasteiger partial charge in [-0.15, -0.1) is 0 Å². The Labute approximate surface area is 65.6 Å². The molecule has 0 fully saturated rings. The Hall–Kier alpha value is 0.682. The van der Waals surface area contributed by atoms with E-state index < -0.39 is 0 Å². The van der Waals surface area contributed by atoms with Crippen LogP contribution in [0.2, 0.25) is 0 Å². The topological polar surface area (TPSA) is 17.1 Å². The van der Waals surface area contributed by atoms with Crippen LogP contribution in [0.25, 0.3) is 0 Å². The Morgan fingerprint density at radius 2 is 2.29 bits per heavy atom. The van der Waals surface area contributed by atoms with Gasteiger partial charge in [0.15, 0.2) is 0 Å². The Bertz CT molecular complexity index is 49.7. The van der Waals surface area contributed by atoms with E-state index in [0.29, 0.717) is 6.42 Å². The predicted octanol–water partition coefficient (Wildman–Crippen LogP) is 1.52. The quantitative estimate of drug-likeness (QED) is 0.699. The molecule has 0 aromatic rings. The number of Topliss-reactive ketones (excluding diaryl/α,β-unsaturated/α-hetero) is 1. The first-order valence-corrected chi connectivity index (χ1v) is 2.69. The van der Waals surface area contributed by atoms with Crippen molar-refractivity contribution in [1.29, 1.82) is 0 Å². The van der Waals surface area contributed by atoms with Crippen molar-refractivity contribution in [2.75, 3.05) is 0 Å². The van der Waals surface area contributed by atoms with Crippen LogP contribution in [0.1, 0.15) is 13.3 Å². The monoisotopic (exact) mass is 336 g/mol. The van der Waals surface area contributed by atoms with Gasteiger partial charge in [-0.3, -0.25) is 21.3 Å². The van der Waals surface area contributed by atoms with Gasteiger partial charge in [-0.1, -0.05) is 6.92 Å². The van der Waals surface area contributed by atoms with Crippen LogP contribution < -0.4 is 0 Å². The number of halogens is 1. The summed E-state index contributed by atoms with van der Waals surface area (Å²) in [7, 11) is 0. The van der Waals surface area contributed by atoms with Gasteiger partial charge in [0.1, 0.15) is 0 Å². The Kier molecular flexibility index (Phi) is 10.1. The van der Waals surface area contributed by atoms with Crippen LogP contribution in [0.15, 0.2) is 0 Å². The van der Waals surface area contributed by atoms with Gasteiger partial charge in [0, 0.05) is 26.2 Å². The zero-order chi connectivity index (χ0) is 4.99. The van der Waals surface area contributed by atoms with Crippen LogP contribution >= 0.6 is 15.9 Å². The minimum Gasteiger partial charge on any atom is -0.334 e. The molecule has 0 saturated carbocycles. The summed E-state index contributed by atoms with van der Waals surface area (Å²) in [6.07, 6.45) is 0.589. The third-order valence-corrected chi connectivity index (χ3v) is 0.981. The minimum absolute atomic E-state index is 0. The van der Waals surface area contributed by atoms with Gasteiger partial charge in [-0.05, 0) is 6.42 Å². The maximum absolute atomic E-state index is 10.1. The van der Waals surface area contributed by atoms with E-state index in [0.717, 1.165) is 0 Å². The van der Waals surface area contributed by atoms with Gasteiger partial charge in [0.2, 0.25) is 0 Å². The molecule has 0 aliphatic carbocycles. The molecule has 0 amide bonds. The van der Waals surface area contributed by atoms with Gasteiger partial charge < -0.3 is 4.79 Å². The smallest absolute Gasteiger partial charge is 0.00834 e. The van der Waals surface area contributed by atoms with Crippen LogP contribution in [0, 0.1) is 5.33 Å². The second-order valence-corrected chi connectivity index (χ2v) is 1.39. The van der Waals surface area contributed by atoms with Gasteiger partial charge >= 0.3 is 0 Å². The van der Waals surface area contributed by atoms with Crippen molar-refractivity contribution in [2.24, 2.45) is 0 Å². The number of carbonyl (C=O) groups is 1. The largest absolute Gasteiger partial charge is 0.334 e. The van der Waals surface area contributed by atoms with Crippen LogP contribution in [-0.4, -0.2) is 5.78 Å². The summed E-state index contributed by atoms with van der Waals surface area (Å²) < 4.78 is 0. The third-order valence-electron chi connectivity index (χ3n) is 0.470. The zero-order valence-electron chi connectivity index (χ0n) is 3.95. The molecule has 1 radical (unpaired) electrons. The summed E-state index contributed by atoms with van der Waals surface area (Å²) in [6.45, 7) is 1.82. The predicted molar refractivity (Wildman–Crippen MR) is 28.5 cm³/mol. The van der Waals surface area contributed by atoms with E-state index in [1.54, 1.807) is 0 Å². The van der Waals surface area contributed by atoms with Crippen molar-refractivity contribution in [3.8, 4) is 0 Å². The molecular weight excluding hydrogens is 330 g/mol. The fourth-order valence-electron chi connectivity index (χ4n) is 0.0772. The van der Waals surface area contributed by atoms with Crippen molar-refractivity contribution in [1.82, 2.24) is 0 Å². The Morgan fingerprint density at radius 3 is 2.29 bits per heavy atom. The van der Waals surface area contributed by atoms with Gasteiger partial charge in [-0.2, -0.15) is 0 Å². The SMILES string of the molecule is CCC(=O)[CH-]Br.[Re]. The first kappa shape index (κ1) is 10.6. The van der Waals surface area contributed by atoms with Gasteiger partial charge in [-0.25, -0.2) is 0 Å². The van der Waals surface area contributed by atoms with Crippen LogP contribution in [0.3, 0.4) is 0 Å². The summed E-state index contributed by atoms with van der Waals surface area (Å²) in [5.74, 6) is 0.134. The Morgan fingerprint density at radius 1 is 1.86 bits per heavy atom. The maximum Gasteiger partial charge on any atom is 0.00834 e.